The molecule has 1 atom stereocenters. The van der Waals surface area contributed by atoms with Crippen LogP contribution in [0.15, 0.2) is 18.2 Å². The molecule has 1 aliphatic carbocycles. The molecule has 3 rings (SSSR count). The molecule has 1 aromatic carbocycles. The SMILES string of the molecule is CCCS(=O)(=O)N1CC(=O)N(c2cc(C)cc(C)c2)[C@](C)(C(=O)NC2CCCC2)C1. The average Bonchev–Trinajstić information content (AvgIpc) is 3.13. The fourth-order valence-electron chi connectivity index (χ4n) is 4.64. The fraction of sp³-hybridized carbons (Fsp3) is 0.636. The van der Waals surface area contributed by atoms with Gasteiger partial charge in [0.25, 0.3) is 0 Å². The molecule has 8 heteroatoms. The summed E-state index contributed by atoms with van der Waals surface area (Å²) in [7, 11) is -3.61. The van der Waals surface area contributed by atoms with Gasteiger partial charge in [0.1, 0.15) is 5.54 Å². The molecule has 0 spiro atoms. The van der Waals surface area contributed by atoms with Crippen molar-refractivity contribution in [2.75, 3.05) is 23.7 Å². The van der Waals surface area contributed by atoms with E-state index >= 15 is 0 Å². The summed E-state index contributed by atoms with van der Waals surface area (Å²) >= 11 is 0. The molecule has 1 aromatic rings. The molecule has 2 amide bonds. The number of aryl methyl sites for hydroxylation is 2. The van der Waals surface area contributed by atoms with Crippen LogP contribution in [-0.2, 0) is 19.6 Å². The van der Waals surface area contributed by atoms with Crippen molar-refractivity contribution in [1.29, 1.82) is 0 Å². The van der Waals surface area contributed by atoms with Gasteiger partial charge in [0.2, 0.25) is 21.8 Å². The van der Waals surface area contributed by atoms with E-state index in [-0.39, 0.29) is 36.7 Å². The molecule has 166 valence electrons. The number of rotatable bonds is 6. The van der Waals surface area contributed by atoms with Crippen molar-refractivity contribution in [2.24, 2.45) is 0 Å². The minimum absolute atomic E-state index is 0.0375. The molecule has 2 fully saturated rings. The van der Waals surface area contributed by atoms with Crippen molar-refractivity contribution in [3.8, 4) is 0 Å². The van der Waals surface area contributed by atoms with Gasteiger partial charge in [0, 0.05) is 18.3 Å². The Morgan fingerprint density at radius 1 is 1.17 bits per heavy atom. The molecule has 30 heavy (non-hydrogen) atoms. The Hall–Kier alpha value is -1.93. The average molecular weight is 436 g/mol. The summed E-state index contributed by atoms with van der Waals surface area (Å²) < 4.78 is 26.7. The molecule has 1 saturated heterocycles. The largest absolute Gasteiger partial charge is 0.351 e. The lowest BCUT2D eigenvalue weighted by molar-refractivity contribution is -0.133. The van der Waals surface area contributed by atoms with Crippen LogP contribution in [0, 0.1) is 13.8 Å². The van der Waals surface area contributed by atoms with Gasteiger partial charge in [0.15, 0.2) is 0 Å². The van der Waals surface area contributed by atoms with E-state index in [0.29, 0.717) is 12.1 Å². The van der Waals surface area contributed by atoms with Crippen LogP contribution in [-0.4, -0.2) is 55.0 Å². The lowest BCUT2D eigenvalue weighted by Crippen LogP contribution is -2.70. The van der Waals surface area contributed by atoms with E-state index in [4.69, 9.17) is 0 Å². The minimum Gasteiger partial charge on any atom is -0.351 e. The molecule has 7 nitrogen and oxygen atoms in total. The van der Waals surface area contributed by atoms with Crippen molar-refractivity contribution >= 4 is 27.5 Å². The second-order valence-electron chi connectivity index (χ2n) is 8.89. The van der Waals surface area contributed by atoms with Crippen LogP contribution in [0.1, 0.15) is 57.1 Å². The molecular formula is C22H33N3O4S. The van der Waals surface area contributed by atoms with Crippen molar-refractivity contribution in [3.05, 3.63) is 29.3 Å². The fourth-order valence-corrected chi connectivity index (χ4v) is 6.17. The molecule has 1 aliphatic heterocycles. The van der Waals surface area contributed by atoms with Crippen molar-refractivity contribution in [1.82, 2.24) is 9.62 Å². The number of carbonyl (C=O) groups is 2. The highest BCUT2D eigenvalue weighted by atomic mass is 32.2. The van der Waals surface area contributed by atoms with Crippen LogP contribution in [0.4, 0.5) is 5.69 Å². The predicted molar refractivity (Wildman–Crippen MR) is 118 cm³/mol. The van der Waals surface area contributed by atoms with Gasteiger partial charge in [-0.25, -0.2) is 8.42 Å². The Morgan fingerprint density at radius 2 is 1.77 bits per heavy atom. The lowest BCUT2D eigenvalue weighted by atomic mass is 9.93. The molecule has 1 N–H and O–H groups in total. The molecule has 2 aliphatic rings. The first-order valence-corrected chi connectivity index (χ1v) is 12.4. The van der Waals surface area contributed by atoms with Crippen LogP contribution in [0.5, 0.6) is 0 Å². The number of hydrogen-bond donors (Lipinski definition) is 1. The van der Waals surface area contributed by atoms with Gasteiger partial charge in [-0.15, -0.1) is 0 Å². The highest BCUT2D eigenvalue weighted by Crippen LogP contribution is 2.33. The number of sulfonamides is 1. The van der Waals surface area contributed by atoms with E-state index in [0.717, 1.165) is 36.8 Å². The second kappa shape index (κ2) is 8.67. The smallest absolute Gasteiger partial charge is 0.247 e. The number of nitrogens with one attached hydrogen (secondary N) is 1. The monoisotopic (exact) mass is 435 g/mol. The van der Waals surface area contributed by atoms with Crippen molar-refractivity contribution in [2.45, 2.75) is 71.4 Å². The number of nitrogens with zero attached hydrogens (tertiary/aromatic N) is 2. The summed E-state index contributed by atoms with van der Waals surface area (Å²) in [5.41, 5.74) is 1.28. The molecular weight excluding hydrogens is 402 g/mol. The van der Waals surface area contributed by atoms with Crippen molar-refractivity contribution in [3.63, 3.8) is 0 Å². The Labute approximate surface area is 179 Å². The van der Waals surface area contributed by atoms with Gasteiger partial charge in [-0.2, -0.15) is 4.31 Å². The molecule has 0 radical (unpaired) electrons. The third-order valence-electron chi connectivity index (χ3n) is 6.04. The zero-order valence-electron chi connectivity index (χ0n) is 18.4. The van der Waals surface area contributed by atoms with Gasteiger partial charge in [-0.3, -0.25) is 14.5 Å². The first-order valence-electron chi connectivity index (χ1n) is 10.8. The van der Waals surface area contributed by atoms with E-state index in [2.05, 4.69) is 5.32 Å². The second-order valence-corrected chi connectivity index (χ2v) is 11.0. The number of hydrogen-bond acceptors (Lipinski definition) is 4. The molecule has 1 saturated carbocycles. The maximum atomic E-state index is 13.5. The van der Waals surface area contributed by atoms with Crippen LogP contribution in [0.25, 0.3) is 0 Å². The van der Waals surface area contributed by atoms with Gasteiger partial charge in [-0.1, -0.05) is 25.8 Å². The molecule has 0 unspecified atom stereocenters. The molecule has 0 bridgehead atoms. The standard InChI is InChI=1S/C22H33N3O4S/c1-5-10-30(28,29)24-14-20(26)25(19-12-16(2)11-17(3)13-19)22(4,15-24)21(27)23-18-8-6-7-9-18/h11-13,18H,5-10,14-15H2,1-4H3,(H,23,27)/t22-/m0/s1. The van der Waals surface area contributed by atoms with Gasteiger partial charge in [-0.05, 0) is 63.3 Å². The Bertz CT molecular complexity index is 904. The van der Waals surface area contributed by atoms with E-state index in [1.165, 1.54) is 9.21 Å². The molecule has 0 aromatic heterocycles. The van der Waals surface area contributed by atoms with Crippen LogP contribution >= 0.6 is 0 Å². The normalized spacial score (nSPS) is 23.7. The highest BCUT2D eigenvalue weighted by Gasteiger charge is 2.51. The van der Waals surface area contributed by atoms with E-state index in [1.54, 1.807) is 13.8 Å². The summed E-state index contributed by atoms with van der Waals surface area (Å²) in [5, 5.41) is 3.09. The highest BCUT2D eigenvalue weighted by molar-refractivity contribution is 7.89. The number of piperazine rings is 1. The van der Waals surface area contributed by atoms with Gasteiger partial charge >= 0.3 is 0 Å². The predicted octanol–water partition coefficient (Wildman–Crippen LogP) is 2.51. The van der Waals surface area contributed by atoms with E-state index < -0.39 is 15.6 Å². The van der Waals surface area contributed by atoms with Crippen LogP contribution in [0.2, 0.25) is 0 Å². The summed E-state index contributed by atoms with van der Waals surface area (Å²) in [5.74, 6) is -0.710. The topological polar surface area (TPSA) is 86.8 Å². The first kappa shape index (κ1) is 22.7. The summed E-state index contributed by atoms with van der Waals surface area (Å²) in [6.07, 6.45) is 4.42. The third kappa shape index (κ3) is 4.54. The van der Waals surface area contributed by atoms with Crippen LogP contribution in [0.3, 0.4) is 0 Å². The summed E-state index contributed by atoms with van der Waals surface area (Å²) in [6, 6.07) is 5.84. The molecule has 1 heterocycles. The summed E-state index contributed by atoms with van der Waals surface area (Å²) in [6.45, 7) is 7.06. The van der Waals surface area contributed by atoms with Crippen molar-refractivity contribution < 1.29 is 18.0 Å². The first-order chi connectivity index (χ1) is 14.1. The maximum Gasteiger partial charge on any atom is 0.247 e. The summed E-state index contributed by atoms with van der Waals surface area (Å²) in [4.78, 5) is 28.3. The van der Waals surface area contributed by atoms with Gasteiger partial charge in [0.05, 0.1) is 12.3 Å². The number of carbonyl (C=O) groups excluding carboxylic acids is 2. The Balaban J connectivity index is 2.02. The lowest BCUT2D eigenvalue weighted by Gasteiger charge is -2.47. The van der Waals surface area contributed by atoms with Crippen LogP contribution < -0.4 is 10.2 Å². The number of amides is 2. The Morgan fingerprint density at radius 3 is 2.33 bits per heavy atom. The Kier molecular flexibility index (Phi) is 6.57. The zero-order chi connectivity index (χ0) is 22.1. The minimum atomic E-state index is -3.61. The quantitative estimate of drug-likeness (QED) is 0.744. The third-order valence-corrected chi connectivity index (χ3v) is 8.01. The van der Waals surface area contributed by atoms with Gasteiger partial charge < -0.3 is 5.32 Å². The number of anilines is 1. The number of benzene rings is 1. The maximum absolute atomic E-state index is 13.5. The van der Waals surface area contributed by atoms with E-state index in [9.17, 15) is 18.0 Å². The van der Waals surface area contributed by atoms with E-state index in [1.807, 2.05) is 32.0 Å². The zero-order valence-corrected chi connectivity index (χ0v) is 19.2.